The fraction of sp³-hybridized carbons (Fsp3) is 0.333. The molecule has 0 amide bonds. The predicted molar refractivity (Wildman–Crippen MR) is 80.4 cm³/mol. The average molecular weight is 268 g/mol. The molecule has 0 bridgehead atoms. The third-order valence-corrected chi connectivity index (χ3v) is 3.41. The van der Waals surface area contributed by atoms with Crippen molar-refractivity contribution in [2.75, 3.05) is 20.2 Å². The Morgan fingerprint density at radius 3 is 2.95 bits per heavy atom. The summed E-state index contributed by atoms with van der Waals surface area (Å²) in [4.78, 5) is 2.10. The van der Waals surface area contributed by atoms with E-state index in [4.69, 9.17) is 10.00 Å². The molecule has 1 heterocycles. The van der Waals surface area contributed by atoms with Gasteiger partial charge in [-0.15, -0.1) is 0 Å². The molecule has 102 valence electrons. The van der Waals surface area contributed by atoms with Crippen LogP contribution < -0.4 is 4.74 Å². The van der Waals surface area contributed by atoms with E-state index >= 15 is 0 Å². The fourth-order valence-corrected chi connectivity index (χ4v) is 2.25. The molecule has 0 atom stereocenters. The van der Waals surface area contributed by atoms with Crippen molar-refractivity contribution in [1.82, 2.24) is 4.90 Å². The molecule has 1 aromatic rings. The van der Waals surface area contributed by atoms with Gasteiger partial charge in [-0.25, -0.2) is 0 Å². The molecule has 0 N–H and O–H groups in total. The van der Waals surface area contributed by atoms with Crippen LogP contribution in [0.1, 0.15) is 17.5 Å². The third kappa shape index (κ3) is 3.42. The van der Waals surface area contributed by atoms with Gasteiger partial charge in [0.15, 0.2) is 0 Å². The predicted octanol–water partition coefficient (Wildman–Crippen LogP) is 1.97. The molecule has 0 saturated carbocycles. The first kappa shape index (κ1) is 14.2. The number of rotatable bonds is 4. The van der Waals surface area contributed by atoms with Crippen LogP contribution in [0.25, 0.3) is 5.57 Å². The first-order valence-corrected chi connectivity index (χ1v) is 6.54. The number of nitriles is 1. The van der Waals surface area contributed by atoms with Gasteiger partial charge in [0.05, 0.1) is 0 Å². The van der Waals surface area contributed by atoms with Gasteiger partial charge in [-0.1, -0.05) is 0 Å². The normalized spacial score (nSPS) is 14.4. The Morgan fingerprint density at radius 2 is 2.30 bits per heavy atom. The van der Waals surface area contributed by atoms with E-state index in [0.717, 1.165) is 30.8 Å². The van der Waals surface area contributed by atoms with E-state index in [1.165, 1.54) is 18.3 Å². The third-order valence-electron chi connectivity index (χ3n) is 3.41. The summed E-state index contributed by atoms with van der Waals surface area (Å²) in [5, 5.41) is 8.29. The molecule has 1 aliphatic heterocycles. The summed E-state index contributed by atoms with van der Waals surface area (Å²) < 4.78 is 9.90. The second-order valence-corrected chi connectivity index (χ2v) is 4.65. The first-order valence-electron chi connectivity index (χ1n) is 6.54. The van der Waals surface area contributed by atoms with Crippen molar-refractivity contribution in [3.8, 4) is 12.0 Å². The van der Waals surface area contributed by atoms with Crippen LogP contribution in [-0.4, -0.2) is 38.3 Å². The van der Waals surface area contributed by atoms with Crippen molar-refractivity contribution < 1.29 is 9.39 Å². The zero-order valence-electron chi connectivity index (χ0n) is 11.8. The van der Waals surface area contributed by atoms with Gasteiger partial charge in [-0.05, 0) is 0 Å². The number of methoxy groups -OCH3 is 1. The van der Waals surface area contributed by atoms with Crippen molar-refractivity contribution >= 4 is 18.8 Å². The van der Waals surface area contributed by atoms with Crippen LogP contribution in [0.5, 0.6) is 5.75 Å². The zero-order valence-corrected chi connectivity index (χ0v) is 11.8. The zero-order chi connectivity index (χ0) is 14.4. The van der Waals surface area contributed by atoms with Gasteiger partial charge in [-0.2, -0.15) is 0 Å². The van der Waals surface area contributed by atoms with Crippen molar-refractivity contribution in [2.24, 2.45) is 0 Å². The first-order chi connectivity index (χ1) is 9.74. The number of aryl methyl sites for hydroxylation is 1. The minimum atomic E-state index is 0.816. The maximum atomic E-state index is 8.29. The summed E-state index contributed by atoms with van der Waals surface area (Å²) in [6, 6.07) is 6.31. The summed E-state index contributed by atoms with van der Waals surface area (Å²) in [5.41, 5.74) is 3.68. The molecular formula is C15H17BN2O2. The average Bonchev–Trinajstić information content (AvgIpc) is 2.49. The minimum absolute atomic E-state index is 0.816. The van der Waals surface area contributed by atoms with Gasteiger partial charge >= 0.3 is 119 Å². The van der Waals surface area contributed by atoms with E-state index in [1.807, 2.05) is 6.92 Å². The number of benzene rings is 1. The van der Waals surface area contributed by atoms with Crippen LogP contribution in [0.2, 0.25) is 0 Å². The molecular weight excluding hydrogens is 251 g/mol. The van der Waals surface area contributed by atoms with E-state index in [1.54, 1.807) is 19.5 Å². The maximum absolute atomic E-state index is 8.29. The molecule has 4 nitrogen and oxygen atoms in total. The Bertz CT molecular complexity index is 576. The second-order valence-electron chi connectivity index (χ2n) is 4.65. The number of ether oxygens (including phenoxy) is 1. The topological polar surface area (TPSA) is 45.5 Å². The van der Waals surface area contributed by atoms with Crippen molar-refractivity contribution in [3.05, 3.63) is 35.4 Å². The Labute approximate surface area is 120 Å². The van der Waals surface area contributed by atoms with Gasteiger partial charge in [0.2, 0.25) is 0 Å². The van der Waals surface area contributed by atoms with Crippen LogP contribution in [0.3, 0.4) is 0 Å². The molecule has 5 heteroatoms. The molecule has 0 fully saturated rings. The molecule has 2 rings (SSSR count). The summed E-state index contributed by atoms with van der Waals surface area (Å²) >= 11 is 0. The molecule has 1 aromatic carbocycles. The van der Waals surface area contributed by atoms with Crippen LogP contribution in [0.15, 0.2) is 24.3 Å². The Kier molecular flexibility index (Phi) is 4.83. The van der Waals surface area contributed by atoms with Crippen LogP contribution >= 0.6 is 0 Å². The molecule has 0 aromatic heterocycles. The van der Waals surface area contributed by atoms with Crippen LogP contribution in [0, 0.1) is 18.4 Å². The summed E-state index contributed by atoms with van der Waals surface area (Å²) in [6.07, 6.45) is 6.58. The molecule has 20 heavy (non-hydrogen) atoms. The van der Waals surface area contributed by atoms with E-state index in [2.05, 4.69) is 33.8 Å². The van der Waals surface area contributed by atoms with E-state index in [-0.39, 0.29) is 0 Å². The molecule has 1 aliphatic rings. The van der Waals surface area contributed by atoms with E-state index in [0.29, 0.717) is 0 Å². The summed E-state index contributed by atoms with van der Waals surface area (Å²) in [7, 11) is 3.11. The Balaban J connectivity index is 2.07. The fourth-order valence-electron chi connectivity index (χ4n) is 2.25. The molecule has 0 saturated heterocycles. The van der Waals surface area contributed by atoms with Crippen molar-refractivity contribution in [3.63, 3.8) is 0 Å². The molecule has 0 unspecified atom stereocenters. The van der Waals surface area contributed by atoms with E-state index in [9.17, 15) is 0 Å². The van der Waals surface area contributed by atoms with Gasteiger partial charge in [0.25, 0.3) is 0 Å². The van der Waals surface area contributed by atoms with Gasteiger partial charge in [0.1, 0.15) is 0 Å². The van der Waals surface area contributed by atoms with Crippen LogP contribution in [0.4, 0.5) is 0 Å². The number of hydrogen-bond acceptors (Lipinski definition) is 4. The van der Waals surface area contributed by atoms with Crippen molar-refractivity contribution in [2.45, 2.75) is 13.3 Å². The second kappa shape index (κ2) is 6.81. The van der Waals surface area contributed by atoms with Crippen molar-refractivity contribution in [1.29, 1.82) is 5.26 Å². The Hall–Kier alpha value is -2.22. The van der Waals surface area contributed by atoms with Gasteiger partial charge < -0.3 is 0 Å². The monoisotopic (exact) mass is 268 g/mol. The number of nitrogens with zero attached hydrogens (tertiary/aromatic N) is 2. The van der Waals surface area contributed by atoms with Crippen LogP contribution in [-0.2, 0) is 4.65 Å². The summed E-state index contributed by atoms with van der Waals surface area (Å²) in [5.74, 6) is 0.924. The standard InChI is InChI=1S/C15H17BN2O2/c1-12-3-4-14(9-15(12)19-2)13-5-7-18(8-6-13)10-16-20-11-17/h3-5,9-10H,6-8H2,1-2H3. The molecule has 0 spiro atoms. The Morgan fingerprint density at radius 1 is 1.45 bits per heavy atom. The molecule has 0 radical (unpaired) electrons. The number of hydrogen-bond donors (Lipinski definition) is 0. The quantitative estimate of drug-likeness (QED) is 0.618. The summed E-state index contributed by atoms with van der Waals surface area (Å²) in [6.45, 7) is 3.77. The SMILES string of the molecule is COc1cc(C2=CCN(C=BOC#N)CC2)ccc1C. The van der Waals surface area contributed by atoms with Gasteiger partial charge in [-0.3, -0.25) is 0 Å². The van der Waals surface area contributed by atoms with Gasteiger partial charge in [0, 0.05) is 0 Å². The molecule has 0 aliphatic carbocycles. The van der Waals surface area contributed by atoms with E-state index < -0.39 is 0 Å².